The fraction of sp³-hybridized carbons (Fsp3) is 0.320. The Labute approximate surface area is 187 Å². The van der Waals surface area contributed by atoms with Crippen molar-refractivity contribution in [3.05, 3.63) is 71.4 Å². The molecule has 1 saturated heterocycles. The predicted octanol–water partition coefficient (Wildman–Crippen LogP) is 3.51. The number of likely N-dealkylation sites (tertiary alicyclic amines) is 1. The molecule has 1 fully saturated rings. The van der Waals surface area contributed by atoms with Crippen LogP contribution in [-0.4, -0.2) is 39.5 Å². The topological polar surface area (TPSA) is 91.8 Å². The summed E-state index contributed by atoms with van der Waals surface area (Å²) in [4.78, 5) is 30.9. The number of pyridine rings is 1. The lowest BCUT2D eigenvalue weighted by Crippen LogP contribution is -2.47. The number of hydrogen-bond donors (Lipinski definition) is 2. The van der Waals surface area contributed by atoms with Crippen molar-refractivity contribution in [1.29, 1.82) is 0 Å². The normalized spacial score (nSPS) is 19.2. The van der Waals surface area contributed by atoms with Crippen LogP contribution in [0.2, 0.25) is 0 Å². The molecule has 2 heterocycles. The number of amides is 2. The van der Waals surface area contributed by atoms with Gasteiger partial charge in [-0.05, 0) is 57.0 Å². The molecular weight excluding hydrogens is 406 g/mol. The standard InChI is InChI=1S/C25H27N3O4/c1-16-14-18(21-6-4-5-7-22(21)26-16)15-32-20-10-8-19(9-11-20)25(3)12-13-28(24(25)30)17(2)23(29)27-31/h4-11,14,17,31H,12-13,15H2,1-3H3,(H,27,29)/t17?,25-/m0/s1. The first-order valence-corrected chi connectivity index (χ1v) is 10.7. The molecule has 0 spiro atoms. The highest BCUT2D eigenvalue weighted by atomic mass is 16.5. The minimum absolute atomic E-state index is 0.124. The third-order valence-corrected chi connectivity index (χ3v) is 6.36. The van der Waals surface area contributed by atoms with Crippen LogP contribution >= 0.6 is 0 Å². The van der Waals surface area contributed by atoms with Gasteiger partial charge in [-0.3, -0.25) is 19.8 Å². The largest absolute Gasteiger partial charge is 0.489 e. The molecule has 2 amide bonds. The van der Waals surface area contributed by atoms with E-state index in [-0.39, 0.29) is 5.91 Å². The van der Waals surface area contributed by atoms with E-state index < -0.39 is 17.4 Å². The summed E-state index contributed by atoms with van der Waals surface area (Å²) in [6.07, 6.45) is 0.595. The van der Waals surface area contributed by atoms with Crippen LogP contribution < -0.4 is 10.2 Å². The van der Waals surface area contributed by atoms with Crippen LogP contribution in [0.25, 0.3) is 10.9 Å². The number of carbonyl (C=O) groups is 2. The van der Waals surface area contributed by atoms with Crippen molar-refractivity contribution in [2.75, 3.05) is 6.54 Å². The number of ether oxygens (including phenoxy) is 1. The third kappa shape index (κ3) is 3.91. The van der Waals surface area contributed by atoms with Gasteiger partial charge in [0.2, 0.25) is 5.91 Å². The number of aryl methyl sites for hydroxylation is 1. The van der Waals surface area contributed by atoms with Gasteiger partial charge < -0.3 is 9.64 Å². The van der Waals surface area contributed by atoms with Crippen molar-refractivity contribution in [3.8, 4) is 5.75 Å². The summed E-state index contributed by atoms with van der Waals surface area (Å²) < 4.78 is 6.03. The van der Waals surface area contributed by atoms with Gasteiger partial charge in [-0.15, -0.1) is 0 Å². The van der Waals surface area contributed by atoms with Crippen molar-refractivity contribution >= 4 is 22.7 Å². The van der Waals surface area contributed by atoms with E-state index in [0.29, 0.717) is 25.3 Å². The predicted molar refractivity (Wildman–Crippen MR) is 120 cm³/mol. The monoisotopic (exact) mass is 433 g/mol. The molecule has 166 valence electrons. The van der Waals surface area contributed by atoms with E-state index in [0.717, 1.165) is 27.7 Å². The molecule has 7 nitrogen and oxygen atoms in total. The molecule has 3 aromatic rings. The first kappa shape index (κ1) is 21.8. The van der Waals surface area contributed by atoms with Crippen LogP contribution in [0.5, 0.6) is 5.75 Å². The van der Waals surface area contributed by atoms with Crippen molar-refractivity contribution in [3.63, 3.8) is 0 Å². The second-order valence-electron chi connectivity index (χ2n) is 8.49. The highest BCUT2D eigenvalue weighted by molar-refractivity contribution is 5.94. The average Bonchev–Trinajstić information content (AvgIpc) is 3.12. The van der Waals surface area contributed by atoms with Crippen LogP contribution in [0.3, 0.4) is 0 Å². The zero-order chi connectivity index (χ0) is 22.9. The molecule has 0 aliphatic carbocycles. The minimum atomic E-state index is -0.726. The molecule has 2 N–H and O–H groups in total. The summed E-state index contributed by atoms with van der Waals surface area (Å²) in [5, 5.41) is 9.95. The van der Waals surface area contributed by atoms with Crippen molar-refractivity contribution in [1.82, 2.24) is 15.4 Å². The Morgan fingerprint density at radius 1 is 1.25 bits per heavy atom. The first-order chi connectivity index (χ1) is 15.3. The number of aromatic nitrogens is 1. The quantitative estimate of drug-likeness (QED) is 0.459. The molecule has 1 aliphatic heterocycles. The number of fused-ring (bicyclic) bond motifs is 1. The molecule has 1 aromatic heterocycles. The molecule has 0 radical (unpaired) electrons. The number of hydrogen-bond acceptors (Lipinski definition) is 5. The van der Waals surface area contributed by atoms with E-state index in [4.69, 9.17) is 9.94 Å². The Balaban J connectivity index is 1.48. The first-order valence-electron chi connectivity index (χ1n) is 10.7. The minimum Gasteiger partial charge on any atom is -0.489 e. The van der Waals surface area contributed by atoms with Gasteiger partial charge in [0.05, 0.1) is 10.9 Å². The number of hydroxylamine groups is 1. The van der Waals surface area contributed by atoms with E-state index in [9.17, 15) is 9.59 Å². The maximum atomic E-state index is 13.1. The molecule has 0 saturated carbocycles. The fourth-order valence-corrected chi connectivity index (χ4v) is 4.34. The summed E-state index contributed by atoms with van der Waals surface area (Å²) in [6.45, 7) is 6.34. The van der Waals surface area contributed by atoms with Crippen LogP contribution in [0, 0.1) is 6.92 Å². The highest BCUT2D eigenvalue weighted by Gasteiger charge is 2.46. The lowest BCUT2D eigenvalue weighted by Gasteiger charge is -2.27. The molecular formula is C25H27N3O4. The van der Waals surface area contributed by atoms with Gasteiger partial charge in [0, 0.05) is 23.2 Å². The van der Waals surface area contributed by atoms with Crippen molar-refractivity contribution in [2.45, 2.75) is 45.3 Å². The average molecular weight is 434 g/mol. The Bertz CT molecular complexity index is 1160. The van der Waals surface area contributed by atoms with E-state index in [1.54, 1.807) is 12.4 Å². The van der Waals surface area contributed by atoms with Crippen molar-refractivity contribution < 1.29 is 19.5 Å². The van der Waals surface area contributed by atoms with Crippen LogP contribution in [0.4, 0.5) is 0 Å². The van der Waals surface area contributed by atoms with Gasteiger partial charge in [0.15, 0.2) is 0 Å². The van der Waals surface area contributed by atoms with Gasteiger partial charge in [-0.1, -0.05) is 30.3 Å². The van der Waals surface area contributed by atoms with E-state index in [1.807, 2.05) is 68.4 Å². The molecule has 0 bridgehead atoms. The third-order valence-electron chi connectivity index (χ3n) is 6.36. The Morgan fingerprint density at radius 3 is 2.69 bits per heavy atom. The number of nitrogens with one attached hydrogen (secondary N) is 1. The second kappa shape index (κ2) is 8.59. The smallest absolute Gasteiger partial charge is 0.265 e. The van der Waals surface area contributed by atoms with Crippen LogP contribution in [0.1, 0.15) is 37.1 Å². The van der Waals surface area contributed by atoms with E-state index in [2.05, 4.69) is 4.98 Å². The summed E-state index contributed by atoms with van der Waals surface area (Å²) in [5.41, 5.74) is 4.74. The summed E-state index contributed by atoms with van der Waals surface area (Å²) >= 11 is 0. The SMILES string of the molecule is Cc1cc(COc2ccc([C@]3(C)CCN(C(C)C(=O)NO)C3=O)cc2)c2ccccc2n1. The van der Waals surface area contributed by atoms with Crippen LogP contribution in [-0.2, 0) is 21.6 Å². The fourth-order valence-electron chi connectivity index (χ4n) is 4.34. The summed E-state index contributed by atoms with van der Waals surface area (Å²) in [6, 6.07) is 16.9. The zero-order valence-electron chi connectivity index (χ0n) is 18.5. The number of benzene rings is 2. The lowest BCUT2D eigenvalue weighted by atomic mass is 9.81. The van der Waals surface area contributed by atoms with Crippen molar-refractivity contribution in [2.24, 2.45) is 0 Å². The van der Waals surface area contributed by atoms with E-state index >= 15 is 0 Å². The highest BCUT2D eigenvalue weighted by Crippen LogP contribution is 2.37. The van der Waals surface area contributed by atoms with Gasteiger partial charge in [0.25, 0.3) is 5.91 Å². The molecule has 32 heavy (non-hydrogen) atoms. The summed E-state index contributed by atoms with van der Waals surface area (Å²) in [7, 11) is 0. The number of nitrogens with zero attached hydrogens (tertiary/aromatic N) is 2. The molecule has 1 aliphatic rings. The Hall–Kier alpha value is -3.45. The van der Waals surface area contributed by atoms with Gasteiger partial charge >= 0.3 is 0 Å². The molecule has 4 rings (SSSR count). The number of para-hydroxylation sites is 1. The number of carbonyl (C=O) groups excluding carboxylic acids is 2. The Morgan fingerprint density at radius 2 is 1.97 bits per heavy atom. The molecule has 2 aromatic carbocycles. The lowest BCUT2D eigenvalue weighted by molar-refractivity contribution is -0.143. The van der Waals surface area contributed by atoms with Crippen LogP contribution in [0.15, 0.2) is 54.6 Å². The van der Waals surface area contributed by atoms with Gasteiger partial charge in [0.1, 0.15) is 18.4 Å². The molecule has 7 heteroatoms. The molecule has 2 atom stereocenters. The maximum absolute atomic E-state index is 13.1. The second-order valence-corrected chi connectivity index (χ2v) is 8.49. The zero-order valence-corrected chi connectivity index (χ0v) is 18.5. The molecule has 1 unspecified atom stereocenters. The summed E-state index contributed by atoms with van der Waals surface area (Å²) in [5.74, 6) is -0.00237. The Kier molecular flexibility index (Phi) is 5.84. The maximum Gasteiger partial charge on any atom is 0.265 e. The number of rotatable bonds is 6. The van der Waals surface area contributed by atoms with Gasteiger partial charge in [-0.25, -0.2) is 5.48 Å². The van der Waals surface area contributed by atoms with Gasteiger partial charge in [-0.2, -0.15) is 0 Å². The van der Waals surface area contributed by atoms with E-state index in [1.165, 1.54) is 4.90 Å².